The first-order valence-electron chi connectivity index (χ1n) is 15.3. The summed E-state index contributed by atoms with van der Waals surface area (Å²) in [7, 11) is 3.25. The van der Waals surface area contributed by atoms with E-state index in [0.29, 0.717) is 58.3 Å². The highest BCUT2D eigenvalue weighted by Crippen LogP contribution is 2.61. The summed E-state index contributed by atoms with van der Waals surface area (Å²) in [5.74, 6) is 3.70. The van der Waals surface area contributed by atoms with Gasteiger partial charge in [0.25, 0.3) is 5.56 Å². The molecule has 8 nitrogen and oxygen atoms in total. The fourth-order valence-electron chi connectivity index (χ4n) is 7.37. The van der Waals surface area contributed by atoms with Crippen LogP contribution >= 0.6 is 0 Å². The number of guanidine groups is 1. The molecule has 4 aliphatic rings. The Morgan fingerprint density at radius 3 is 2.64 bits per heavy atom. The highest BCUT2D eigenvalue weighted by atomic mass is 19.1. The van der Waals surface area contributed by atoms with Gasteiger partial charge in [-0.1, -0.05) is 26.8 Å². The lowest BCUT2D eigenvalue weighted by molar-refractivity contribution is -0.108. The Morgan fingerprint density at radius 2 is 1.95 bits per heavy atom. The molecule has 42 heavy (non-hydrogen) atoms. The summed E-state index contributed by atoms with van der Waals surface area (Å²) in [6.07, 6.45) is 3.33. The normalized spacial score (nSPS) is 25.3. The van der Waals surface area contributed by atoms with Crippen molar-refractivity contribution in [3.05, 3.63) is 64.0 Å². The van der Waals surface area contributed by atoms with Gasteiger partial charge in [-0.25, -0.2) is 14.4 Å². The number of hydrogen-bond donors (Lipinski definition) is 2. The van der Waals surface area contributed by atoms with Crippen LogP contribution in [0.2, 0.25) is 0 Å². The second kappa shape index (κ2) is 11.3. The van der Waals surface area contributed by atoms with Crippen LogP contribution in [-0.2, 0) is 19.9 Å². The lowest BCUT2D eigenvalue weighted by Gasteiger charge is -2.61. The number of ether oxygens (including phenoxy) is 1. The van der Waals surface area contributed by atoms with Crippen LogP contribution in [0.3, 0.4) is 0 Å². The van der Waals surface area contributed by atoms with E-state index in [1.807, 2.05) is 18.2 Å². The average molecular weight is 575 g/mol. The molecule has 3 aliphatic carbocycles. The first kappa shape index (κ1) is 28.6. The molecule has 3 aromatic rings. The van der Waals surface area contributed by atoms with E-state index >= 15 is 0 Å². The molecule has 224 valence electrons. The van der Waals surface area contributed by atoms with Crippen LogP contribution in [0.1, 0.15) is 45.0 Å². The van der Waals surface area contributed by atoms with Crippen LogP contribution < -0.4 is 20.9 Å². The van der Waals surface area contributed by atoms with E-state index in [-0.39, 0.29) is 11.4 Å². The molecule has 9 heteroatoms. The maximum absolute atomic E-state index is 14.6. The van der Waals surface area contributed by atoms with E-state index in [0.717, 1.165) is 56.1 Å². The first-order chi connectivity index (χ1) is 20.2. The molecule has 2 aromatic carbocycles. The van der Waals surface area contributed by atoms with E-state index in [1.165, 1.54) is 19.6 Å². The molecule has 4 fully saturated rings. The highest BCUT2D eigenvalue weighted by Gasteiger charge is 2.56. The summed E-state index contributed by atoms with van der Waals surface area (Å²) in [4.78, 5) is 25.8. The van der Waals surface area contributed by atoms with Gasteiger partial charge in [-0.05, 0) is 72.3 Å². The summed E-state index contributed by atoms with van der Waals surface area (Å²) in [6.45, 7) is 10.9. The van der Waals surface area contributed by atoms with Gasteiger partial charge in [-0.2, -0.15) is 0 Å². The van der Waals surface area contributed by atoms with Crippen molar-refractivity contribution in [1.82, 2.24) is 19.8 Å². The van der Waals surface area contributed by atoms with Crippen LogP contribution in [0.25, 0.3) is 10.9 Å². The number of benzene rings is 2. The maximum atomic E-state index is 14.6. The third-order valence-electron chi connectivity index (χ3n) is 10.3. The van der Waals surface area contributed by atoms with Crippen LogP contribution in [0.15, 0.2) is 46.2 Å². The minimum Gasteiger partial charge on any atom is -0.497 e. The van der Waals surface area contributed by atoms with Crippen LogP contribution in [0, 0.1) is 29.0 Å². The molecule has 0 spiro atoms. The molecular weight excluding hydrogens is 531 g/mol. The van der Waals surface area contributed by atoms with Crippen LogP contribution in [0.4, 0.5) is 10.1 Å². The van der Waals surface area contributed by atoms with Crippen molar-refractivity contribution in [2.75, 3.05) is 38.6 Å². The van der Waals surface area contributed by atoms with Crippen molar-refractivity contribution in [2.45, 2.75) is 52.5 Å². The Hall–Kier alpha value is -3.46. The molecule has 1 saturated heterocycles. The zero-order chi connectivity index (χ0) is 29.6. The second-order valence-electron chi connectivity index (χ2n) is 12.9. The van der Waals surface area contributed by atoms with E-state index in [2.05, 4.69) is 36.3 Å². The minimum absolute atomic E-state index is 0.106. The van der Waals surface area contributed by atoms with Crippen molar-refractivity contribution in [1.29, 1.82) is 0 Å². The van der Waals surface area contributed by atoms with Crippen LogP contribution in [-0.4, -0.2) is 59.7 Å². The first-order valence-corrected chi connectivity index (χ1v) is 15.3. The number of aliphatic imine (C=N–C) groups is 1. The largest absolute Gasteiger partial charge is 0.497 e. The number of hydrogen-bond acceptors (Lipinski definition) is 5. The molecule has 1 unspecified atom stereocenters. The third-order valence-corrected chi connectivity index (χ3v) is 10.3. The molecule has 0 amide bonds. The Labute approximate surface area is 247 Å². The molecule has 3 saturated carbocycles. The standard InChI is InChI=1S/C33H43FN6O2/c1-20-26-16-22(33(26,2)3)17-28(20)38-32(40-14-12-35-13-15-40)36-23-8-10-25-29(18-23)37-30(39(4)31(25)41)11-7-21-6-9-24(42-5)19-27(21)34/h6,8-10,18-20,22,26,28,35H,7,11-17H2,1-5H3,(H,36,38)/t20-,22+,26-,28?/m0/s1. The summed E-state index contributed by atoms with van der Waals surface area (Å²) in [5, 5.41) is 7.63. The van der Waals surface area contributed by atoms with E-state index < -0.39 is 0 Å². The summed E-state index contributed by atoms with van der Waals surface area (Å²) in [6, 6.07) is 10.9. The number of nitrogens with zero attached hydrogens (tertiary/aromatic N) is 4. The zero-order valence-electron chi connectivity index (χ0n) is 25.4. The average Bonchev–Trinajstić information content (AvgIpc) is 2.99. The number of anilines is 1. The summed E-state index contributed by atoms with van der Waals surface area (Å²) < 4.78 is 21.2. The number of methoxy groups -OCH3 is 1. The predicted octanol–water partition coefficient (Wildman–Crippen LogP) is 4.61. The van der Waals surface area contributed by atoms with Crippen LogP contribution in [0.5, 0.6) is 5.75 Å². The zero-order valence-corrected chi connectivity index (χ0v) is 25.4. The lowest BCUT2D eigenvalue weighted by Crippen LogP contribution is -2.57. The minimum atomic E-state index is -0.320. The predicted molar refractivity (Wildman–Crippen MR) is 166 cm³/mol. The number of rotatable bonds is 6. The SMILES string of the molecule is COc1ccc(CCc2nc3cc(NC(=NC4C[C@H]5C[C@@H]([C@@H]4C)C5(C)C)N4CCNCC4)ccc3c(=O)n2C)c(F)c1. The molecule has 1 aliphatic heterocycles. The number of fused-ring (bicyclic) bond motifs is 3. The Morgan fingerprint density at radius 1 is 1.17 bits per heavy atom. The topological polar surface area (TPSA) is 83.8 Å². The van der Waals surface area contributed by atoms with Crippen molar-refractivity contribution >= 4 is 22.5 Å². The summed E-state index contributed by atoms with van der Waals surface area (Å²) in [5.41, 5.74) is 2.37. The number of piperazine rings is 1. The molecule has 2 bridgehead atoms. The van der Waals surface area contributed by atoms with Gasteiger partial charge in [-0.3, -0.25) is 9.36 Å². The van der Waals surface area contributed by atoms with Gasteiger partial charge >= 0.3 is 0 Å². The number of aromatic nitrogens is 2. The van der Waals surface area contributed by atoms with Gasteiger partial charge in [0.05, 0.1) is 24.1 Å². The van der Waals surface area contributed by atoms with E-state index in [9.17, 15) is 9.18 Å². The number of nitrogens with one attached hydrogen (secondary N) is 2. The molecule has 2 N–H and O–H groups in total. The Bertz CT molecular complexity index is 1560. The molecule has 2 heterocycles. The van der Waals surface area contributed by atoms with E-state index in [4.69, 9.17) is 14.7 Å². The number of aryl methyl sites for hydroxylation is 2. The molecular formula is C33H43FN6O2. The van der Waals surface area contributed by atoms with Gasteiger partial charge in [0.1, 0.15) is 17.4 Å². The van der Waals surface area contributed by atoms with E-state index in [1.54, 1.807) is 23.7 Å². The smallest absolute Gasteiger partial charge is 0.261 e. The highest BCUT2D eigenvalue weighted by molar-refractivity contribution is 5.96. The van der Waals surface area contributed by atoms with Crippen molar-refractivity contribution in [3.63, 3.8) is 0 Å². The van der Waals surface area contributed by atoms with Crippen molar-refractivity contribution in [2.24, 2.45) is 35.2 Å². The Kier molecular flexibility index (Phi) is 7.72. The fraction of sp³-hybridized carbons (Fsp3) is 0.545. The number of halogens is 1. The van der Waals surface area contributed by atoms with Gasteiger partial charge in [0, 0.05) is 51.4 Å². The summed E-state index contributed by atoms with van der Waals surface area (Å²) >= 11 is 0. The lowest BCUT2D eigenvalue weighted by atomic mass is 9.45. The molecule has 7 rings (SSSR count). The molecule has 1 aromatic heterocycles. The second-order valence-corrected chi connectivity index (χ2v) is 12.9. The maximum Gasteiger partial charge on any atom is 0.261 e. The quantitative estimate of drug-likeness (QED) is 0.331. The van der Waals surface area contributed by atoms with Gasteiger partial charge < -0.3 is 20.3 Å². The van der Waals surface area contributed by atoms with Crippen molar-refractivity contribution < 1.29 is 9.13 Å². The Balaban J connectivity index is 1.27. The fourth-order valence-corrected chi connectivity index (χ4v) is 7.37. The monoisotopic (exact) mass is 574 g/mol. The van der Waals surface area contributed by atoms with Gasteiger partial charge in [0.2, 0.25) is 0 Å². The van der Waals surface area contributed by atoms with Gasteiger partial charge in [-0.15, -0.1) is 0 Å². The van der Waals surface area contributed by atoms with Crippen molar-refractivity contribution in [3.8, 4) is 5.75 Å². The molecule has 0 radical (unpaired) electrons. The molecule has 4 atom stereocenters. The third kappa shape index (κ3) is 5.27. The van der Waals surface area contributed by atoms with Gasteiger partial charge in [0.15, 0.2) is 5.96 Å².